The summed E-state index contributed by atoms with van der Waals surface area (Å²) >= 11 is 0. The summed E-state index contributed by atoms with van der Waals surface area (Å²) in [5.41, 5.74) is -0.449. The topological polar surface area (TPSA) is 69.7 Å². The number of hydrogen-bond donors (Lipinski definition) is 0. The highest BCUT2D eigenvalue weighted by Gasteiger charge is 2.69. The van der Waals surface area contributed by atoms with Crippen LogP contribution in [0.2, 0.25) is 0 Å². The van der Waals surface area contributed by atoms with Crippen molar-refractivity contribution in [3.8, 4) is 0 Å². The van der Waals surface area contributed by atoms with Crippen molar-refractivity contribution in [2.75, 3.05) is 6.16 Å². The molecule has 1 spiro atoms. The van der Waals surface area contributed by atoms with Gasteiger partial charge in [-0.1, -0.05) is 13.8 Å². The maximum atomic E-state index is 12.8. The highest BCUT2D eigenvalue weighted by Crippen LogP contribution is 2.82. The first kappa shape index (κ1) is 20.7. The normalized spacial score (nSPS) is 45.5. The Balaban J connectivity index is 1.97. The summed E-state index contributed by atoms with van der Waals surface area (Å²) in [6.45, 7) is 4.36. The van der Waals surface area contributed by atoms with Gasteiger partial charge in [0.2, 0.25) is 0 Å². The smallest absolute Gasteiger partial charge is 0.164 e. The van der Waals surface area contributed by atoms with Gasteiger partial charge in [-0.15, -0.1) is 0 Å². The standard InChI is InChI=1S/C15H25O5P5/c1-13-5-6-15(24-25(15)18)14(2,8-23-17)11(13)4-3-10(16)9(13)7-12(19-21)20-22/h9,11-12H,3-8,21-22H2,1-2H3/t9-,11+,13+,14+,15?/m1/s1. The molecule has 2 fully saturated rings. The minimum Gasteiger partial charge on any atom is -0.336 e. The number of carbonyl (C=O) groups is 1. The number of ketones is 1. The van der Waals surface area contributed by atoms with E-state index in [4.69, 9.17) is 9.05 Å². The lowest BCUT2D eigenvalue weighted by Crippen LogP contribution is -2.59. The molecule has 0 amide bonds. The Bertz CT molecular complexity index is 661. The van der Waals surface area contributed by atoms with Gasteiger partial charge >= 0.3 is 0 Å². The zero-order valence-electron chi connectivity index (χ0n) is 14.5. The molecule has 0 radical (unpaired) electrons. The first-order valence-corrected chi connectivity index (χ1v) is 13.3. The Morgan fingerprint density at radius 3 is 2.52 bits per heavy atom. The molecule has 2 saturated carbocycles. The quantitative estimate of drug-likeness (QED) is 0.408. The highest BCUT2D eigenvalue weighted by molar-refractivity contribution is 8.07. The summed E-state index contributed by atoms with van der Waals surface area (Å²) < 4.78 is 34.6. The molecule has 140 valence electrons. The van der Waals surface area contributed by atoms with E-state index in [0.717, 1.165) is 27.1 Å². The zero-order valence-corrected chi connectivity index (χ0v) is 19.5. The van der Waals surface area contributed by atoms with Crippen molar-refractivity contribution >= 4 is 48.1 Å². The average Bonchev–Trinajstić information content (AvgIpc) is 3.24. The van der Waals surface area contributed by atoms with Gasteiger partial charge < -0.3 is 9.05 Å². The van der Waals surface area contributed by atoms with Gasteiger partial charge in [0.15, 0.2) is 14.8 Å². The minimum absolute atomic E-state index is 0.106. The van der Waals surface area contributed by atoms with Crippen LogP contribution in [0.1, 0.15) is 46.0 Å². The SMILES string of the molecule is C[C@@]12CCC3(P=P3=O)[C@@](C)(CP=O)[C@H]1CCC(=O)[C@H]2CC(OP)OP. The van der Waals surface area contributed by atoms with E-state index in [1.54, 1.807) is 0 Å². The van der Waals surface area contributed by atoms with Gasteiger partial charge in [0, 0.05) is 49.3 Å². The van der Waals surface area contributed by atoms with Crippen molar-refractivity contribution in [3.05, 3.63) is 0 Å². The van der Waals surface area contributed by atoms with Crippen molar-refractivity contribution in [2.24, 2.45) is 22.7 Å². The van der Waals surface area contributed by atoms with Crippen LogP contribution in [0.4, 0.5) is 0 Å². The Hall–Kier alpha value is 0.950. The van der Waals surface area contributed by atoms with Crippen LogP contribution in [0.5, 0.6) is 0 Å². The third-order valence-electron chi connectivity index (χ3n) is 7.01. The molecule has 1 heterocycles. The Morgan fingerprint density at radius 2 is 2.00 bits per heavy atom. The van der Waals surface area contributed by atoms with Gasteiger partial charge in [0.1, 0.15) is 17.8 Å². The molecule has 5 nitrogen and oxygen atoms in total. The molecular formula is C15H25O5P5. The van der Waals surface area contributed by atoms with Gasteiger partial charge in [0.25, 0.3) is 0 Å². The molecule has 0 bridgehead atoms. The molecule has 3 rings (SSSR count). The molecule has 0 aromatic heterocycles. The molecular weight excluding hydrogens is 415 g/mol. The lowest BCUT2D eigenvalue weighted by Gasteiger charge is -2.60. The minimum atomic E-state index is -1.24. The van der Waals surface area contributed by atoms with Gasteiger partial charge in [-0.25, -0.2) is 0 Å². The fraction of sp³-hybridized carbons (Fsp3) is 0.933. The summed E-state index contributed by atoms with van der Waals surface area (Å²) in [6.07, 6.45) is 3.63. The molecule has 0 aromatic rings. The third-order valence-corrected chi connectivity index (χ3v) is 13.5. The fourth-order valence-corrected chi connectivity index (χ4v) is 12.0. The molecule has 2 aliphatic carbocycles. The number of rotatable bonds is 6. The fourth-order valence-electron chi connectivity index (χ4n) is 5.52. The molecule has 0 N–H and O–H groups in total. The van der Waals surface area contributed by atoms with Gasteiger partial charge in [0.05, 0.1) is 0 Å². The van der Waals surface area contributed by atoms with E-state index < -0.39 is 13.4 Å². The molecule has 10 heteroatoms. The second-order valence-corrected chi connectivity index (χ2v) is 13.4. The van der Waals surface area contributed by atoms with Crippen LogP contribution in [-0.4, -0.2) is 23.1 Å². The number of Topliss-reactive ketones (excluding diaryl/α,β-unsaturated/α-hetero) is 1. The summed E-state index contributed by atoms with van der Waals surface area (Å²) in [6, 6.07) is 0. The van der Waals surface area contributed by atoms with Crippen molar-refractivity contribution in [2.45, 2.75) is 57.1 Å². The number of hydrogen-bond acceptors (Lipinski definition) is 5. The van der Waals surface area contributed by atoms with Crippen LogP contribution in [0.3, 0.4) is 0 Å². The first-order chi connectivity index (χ1) is 11.8. The molecule has 0 saturated heterocycles. The summed E-state index contributed by atoms with van der Waals surface area (Å²) in [5.74, 6) is 0.357. The van der Waals surface area contributed by atoms with Crippen LogP contribution < -0.4 is 0 Å². The monoisotopic (exact) mass is 440 g/mol. The Kier molecular flexibility index (Phi) is 6.13. The average molecular weight is 440 g/mol. The van der Waals surface area contributed by atoms with Crippen molar-refractivity contribution in [1.82, 2.24) is 0 Å². The van der Waals surface area contributed by atoms with E-state index in [1.165, 1.54) is 0 Å². The molecule has 1 aliphatic heterocycles. The van der Waals surface area contributed by atoms with E-state index in [9.17, 15) is 13.9 Å². The second kappa shape index (κ2) is 7.41. The van der Waals surface area contributed by atoms with Crippen LogP contribution in [0, 0.1) is 22.7 Å². The predicted molar refractivity (Wildman–Crippen MR) is 106 cm³/mol. The molecule has 25 heavy (non-hydrogen) atoms. The van der Waals surface area contributed by atoms with Crippen molar-refractivity contribution in [1.29, 1.82) is 0 Å². The summed E-state index contributed by atoms with van der Waals surface area (Å²) in [5, 5.41) is 0. The van der Waals surface area contributed by atoms with Gasteiger partial charge in [-0.2, -0.15) is 0 Å². The first-order valence-electron chi connectivity index (χ1n) is 8.52. The Labute approximate surface area is 157 Å². The lowest BCUT2D eigenvalue weighted by atomic mass is 9.47. The maximum Gasteiger partial charge on any atom is 0.164 e. The van der Waals surface area contributed by atoms with Crippen molar-refractivity contribution < 1.29 is 23.0 Å². The van der Waals surface area contributed by atoms with Gasteiger partial charge in [-0.05, 0) is 38.5 Å². The van der Waals surface area contributed by atoms with Crippen LogP contribution >= 0.6 is 42.3 Å². The summed E-state index contributed by atoms with van der Waals surface area (Å²) in [7, 11) is 4.31. The largest absolute Gasteiger partial charge is 0.336 e. The van der Waals surface area contributed by atoms with Crippen LogP contribution in [-0.2, 0) is 23.0 Å². The Morgan fingerprint density at radius 1 is 1.36 bits per heavy atom. The second-order valence-electron chi connectivity index (χ2n) is 7.95. The third kappa shape index (κ3) is 3.12. The zero-order chi connectivity index (χ0) is 18.5. The molecule has 3 aliphatic rings. The van der Waals surface area contributed by atoms with E-state index in [-0.39, 0.29) is 41.8 Å². The summed E-state index contributed by atoms with van der Waals surface area (Å²) in [4.78, 5) is 12.6. The molecule has 0 aromatic carbocycles. The predicted octanol–water partition coefficient (Wildman–Crippen LogP) is 5.41. The number of carbonyl (C=O) groups excluding carboxylic acids is 1. The molecule has 8 atom stereocenters. The van der Waals surface area contributed by atoms with E-state index >= 15 is 0 Å². The van der Waals surface area contributed by atoms with E-state index in [0.29, 0.717) is 19.0 Å². The van der Waals surface area contributed by atoms with Crippen LogP contribution in [0.15, 0.2) is 0 Å². The number of fused-ring (bicyclic) bond motifs is 1. The maximum absolute atomic E-state index is 12.8. The lowest BCUT2D eigenvalue weighted by molar-refractivity contribution is -0.149. The van der Waals surface area contributed by atoms with Gasteiger partial charge in [-0.3, -0.25) is 13.9 Å². The van der Waals surface area contributed by atoms with Crippen LogP contribution in [0.25, 0.3) is 0 Å². The highest BCUT2D eigenvalue weighted by atomic mass is 31.8. The molecule has 4 unspecified atom stereocenters. The van der Waals surface area contributed by atoms with E-state index in [2.05, 4.69) is 32.8 Å². The van der Waals surface area contributed by atoms with Crippen molar-refractivity contribution in [3.63, 3.8) is 0 Å². The van der Waals surface area contributed by atoms with E-state index in [1.807, 2.05) is 0 Å².